The fourth-order valence-electron chi connectivity index (χ4n) is 1.96. The van der Waals surface area contributed by atoms with Crippen LogP contribution in [0.5, 0.6) is 0 Å². The lowest BCUT2D eigenvalue weighted by Gasteiger charge is -2.09. The zero-order chi connectivity index (χ0) is 15.1. The number of aromatic nitrogens is 2. The van der Waals surface area contributed by atoms with Gasteiger partial charge < -0.3 is 5.73 Å². The highest BCUT2D eigenvalue weighted by molar-refractivity contribution is 9.10. The molecule has 108 valence electrons. The Morgan fingerprint density at radius 2 is 2.00 bits per heavy atom. The molecule has 2 aromatic rings. The van der Waals surface area contributed by atoms with Crippen molar-refractivity contribution in [2.45, 2.75) is 18.7 Å². The Morgan fingerprint density at radius 1 is 1.35 bits per heavy atom. The predicted molar refractivity (Wildman–Crippen MR) is 82.0 cm³/mol. The molecule has 1 aromatic carbocycles. The highest BCUT2D eigenvalue weighted by Gasteiger charge is 2.23. The van der Waals surface area contributed by atoms with Crippen LogP contribution in [0, 0.1) is 13.8 Å². The van der Waals surface area contributed by atoms with Crippen molar-refractivity contribution in [3.63, 3.8) is 0 Å². The minimum Gasteiger partial charge on any atom is -0.398 e. The van der Waals surface area contributed by atoms with Crippen molar-refractivity contribution in [2.75, 3.05) is 10.5 Å². The van der Waals surface area contributed by atoms with E-state index in [4.69, 9.17) is 5.73 Å². The van der Waals surface area contributed by atoms with Crippen molar-refractivity contribution >= 4 is 37.3 Å². The maximum Gasteiger partial charge on any atom is 0.265 e. The van der Waals surface area contributed by atoms with Gasteiger partial charge in [0.1, 0.15) is 4.90 Å². The van der Waals surface area contributed by atoms with E-state index in [9.17, 15) is 8.42 Å². The Kier molecular flexibility index (Phi) is 3.79. The summed E-state index contributed by atoms with van der Waals surface area (Å²) >= 11 is 3.26. The lowest BCUT2D eigenvalue weighted by atomic mass is 10.3. The first-order chi connectivity index (χ1) is 9.22. The van der Waals surface area contributed by atoms with Crippen molar-refractivity contribution < 1.29 is 8.42 Å². The van der Waals surface area contributed by atoms with Gasteiger partial charge in [0.15, 0.2) is 0 Å². The van der Waals surface area contributed by atoms with E-state index in [1.165, 1.54) is 0 Å². The number of nitrogen functional groups attached to an aromatic ring is 1. The normalized spacial score (nSPS) is 11.6. The van der Waals surface area contributed by atoms with E-state index in [2.05, 4.69) is 25.8 Å². The van der Waals surface area contributed by atoms with Crippen LogP contribution in [-0.2, 0) is 17.1 Å². The summed E-state index contributed by atoms with van der Waals surface area (Å²) in [6.45, 7) is 3.38. The molecule has 1 heterocycles. The average Bonchev–Trinajstić information content (AvgIpc) is 2.58. The molecule has 0 atom stereocenters. The summed E-state index contributed by atoms with van der Waals surface area (Å²) in [4.78, 5) is 0.196. The SMILES string of the molecule is Cc1nn(C)c(C)c1S(=O)(=O)Nc1ccc(Br)c(N)c1. The van der Waals surface area contributed by atoms with Gasteiger partial charge in [-0.05, 0) is 48.0 Å². The number of anilines is 2. The molecule has 0 aliphatic heterocycles. The van der Waals surface area contributed by atoms with E-state index in [1.54, 1.807) is 43.8 Å². The standard InChI is InChI=1S/C12H15BrN4O2S/c1-7-12(8(2)17(3)15-7)20(18,19)16-9-4-5-10(13)11(14)6-9/h4-6,16H,14H2,1-3H3. The highest BCUT2D eigenvalue weighted by Crippen LogP contribution is 2.26. The van der Waals surface area contributed by atoms with Gasteiger partial charge in [0.25, 0.3) is 10.0 Å². The van der Waals surface area contributed by atoms with E-state index >= 15 is 0 Å². The molecule has 0 saturated heterocycles. The van der Waals surface area contributed by atoms with Gasteiger partial charge in [-0.2, -0.15) is 5.10 Å². The first kappa shape index (κ1) is 14.9. The van der Waals surface area contributed by atoms with Crippen molar-refractivity contribution in [1.82, 2.24) is 9.78 Å². The van der Waals surface area contributed by atoms with Crippen molar-refractivity contribution in [1.29, 1.82) is 0 Å². The maximum absolute atomic E-state index is 12.4. The van der Waals surface area contributed by atoms with Crippen molar-refractivity contribution in [3.05, 3.63) is 34.1 Å². The average molecular weight is 359 g/mol. The summed E-state index contributed by atoms with van der Waals surface area (Å²) in [5.41, 5.74) is 7.66. The molecule has 0 aliphatic rings. The summed E-state index contributed by atoms with van der Waals surface area (Å²) in [5.74, 6) is 0. The van der Waals surface area contributed by atoms with Gasteiger partial charge in [0.2, 0.25) is 0 Å². The number of sulfonamides is 1. The number of hydrogen-bond acceptors (Lipinski definition) is 4. The number of hydrogen-bond donors (Lipinski definition) is 2. The number of benzene rings is 1. The smallest absolute Gasteiger partial charge is 0.265 e. The van der Waals surface area contributed by atoms with Crippen molar-refractivity contribution in [2.24, 2.45) is 7.05 Å². The number of rotatable bonds is 3. The zero-order valence-corrected chi connectivity index (χ0v) is 13.7. The van der Waals surface area contributed by atoms with E-state index < -0.39 is 10.0 Å². The van der Waals surface area contributed by atoms with Gasteiger partial charge in [0, 0.05) is 17.2 Å². The Labute approximate surface area is 126 Å². The minimum atomic E-state index is -3.69. The Balaban J connectivity index is 2.43. The molecule has 0 radical (unpaired) electrons. The Morgan fingerprint density at radius 3 is 2.50 bits per heavy atom. The minimum absolute atomic E-state index is 0.196. The molecule has 1 aromatic heterocycles. The topological polar surface area (TPSA) is 90.0 Å². The van der Waals surface area contributed by atoms with E-state index in [0.29, 0.717) is 27.2 Å². The van der Waals surface area contributed by atoms with Gasteiger partial charge in [-0.25, -0.2) is 8.42 Å². The quantitative estimate of drug-likeness (QED) is 0.822. The molecule has 3 N–H and O–H groups in total. The number of aryl methyl sites for hydroxylation is 2. The molecule has 2 rings (SSSR count). The molecule has 0 aliphatic carbocycles. The monoisotopic (exact) mass is 358 g/mol. The summed E-state index contributed by atoms with van der Waals surface area (Å²) < 4.78 is 29.6. The molecule has 0 amide bonds. The molecule has 8 heteroatoms. The third-order valence-corrected chi connectivity index (χ3v) is 5.31. The predicted octanol–water partition coefficient (Wildman–Crippen LogP) is 2.18. The van der Waals surface area contributed by atoms with Crippen LogP contribution >= 0.6 is 15.9 Å². The van der Waals surface area contributed by atoms with Gasteiger partial charge in [-0.3, -0.25) is 9.40 Å². The van der Waals surface area contributed by atoms with Crippen LogP contribution in [0.2, 0.25) is 0 Å². The van der Waals surface area contributed by atoms with Crippen LogP contribution in [0.25, 0.3) is 0 Å². The first-order valence-corrected chi connectivity index (χ1v) is 8.08. The van der Waals surface area contributed by atoms with E-state index in [-0.39, 0.29) is 4.90 Å². The van der Waals surface area contributed by atoms with Gasteiger partial charge in [0.05, 0.1) is 17.1 Å². The third-order valence-electron chi connectivity index (χ3n) is 2.96. The summed E-state index contributed by atoms with van der Waals surface area (Å²) in [5, 5.41) is 4.12. The van der Waals surface area contributed by atoms with Gasteiger partial charge in [-0.15, -0.1) is 0 Å². The van der Waals surface area contributed by atoms with E-state index in [1.807, 2.05) is 0 Å². The lowest BCUT2D eigenvalue weighted by molar-refractivity contribution is 0.599. The first-order valence-electron chi connectivity index (χ1n) is 5.80. The van der Waals surface area contributed by atoms with Crippen LogP contribution in [-0.4, -0.2) is 18.2 Å². The molecule has 0 saturated carbocycles. The molecule has 0 spiro atoms. The molecule has 6 nitrogen and oxygen atoms in total. The number of nitrogens with zero attached hydrogens (tertiary/aromatic N) is 2. The van der Waals surface area contributed by atoms with Crippen LogP contribution in [0.1, 0.15) is 11.4 Å². The molecule has 0 bridgehead atoms. The summed E-state index contributed by atoms with van der Waals surface area (Å²) in [6, 6.07) is 4.89. The lowest BCUT2D eigenvalue weighted by Crippen LogP contribution is -2.15. The Bertz CT molecular complexity index is 768. The maximum atomic E-state index is 12.4. The van der Waals surface area contributed by atoms with Crippen LogP contribution in [0.3, 0.4) is 0 Å². The summed E-state index contributed by atoms with van der Waals surface area (Å²) in [7, 11) is -1.98. The molecule has 0 unspecified atom stereocenters. The van der Waals surface area contributed by atoms with Crippen molar-refractivity contribution in [3.8, 4) is 0 Å². The van der Waals surface area contributed by atoms with Crippen LogP contribution < -0.4 is 10.5 Å². The fourth-order valence-corrected chi connectivity index (χ4v) is 3.69. The molecular weight excluding hydrogens is 344 g/mol. The second-order valence-electron chi connectivity index (χ2n) is 4.47. The third kappa shape index (κ3) is 2.66. The second kappa shape index (κ2) is 5.10. The molecule has 0 fully saturated rings. The van der Waals surface area contributed by atoms with Gasteiger partial charge in [-0.1, -0.05) is 0 Å². The van der Waals surface area contributed by atoms with E-state index in [0.717, 1.165) is 0 Å². The molecule has 20 heavy (non-hydrogen) atoms. The Hall–Kier alpha value is -1.54. The zero-order valence-electron chi connectivity index (χ0n) is 11.3. The number of nitrogens with two attached hydrogens (primary N) is 1. The number of halogens is 1. The largest absolute Gasteiger partial charge is 0.398 e. The van der Waals surface area contributed by atoms with Crippen LogP contribution in [0.4, 0.5) is 11.4 Å². The van der Waals surface area contributed by atoms with Gasteiger partial charge >= 0.3 is 0 Å². The second-order valence-corrected chi connectivity index (χ2v) is 6.94. The molecular formula is C12H15BrN4O2S. The summed E-state index contributed by atoms with van der Waals surface area (Å²) in [6.07, 6.45) is 0. The number of nitrogens with one attached hydrogen (secondary N) is 1. The highest BCUT2D eigenvalue weighted by atomic mass is 79.9. The fraction of sp³-hybridized carbons (Fsp3) is 0.250. The van der Waals surface area contributed by atoms with Crippen LogP contribution in [0.15, 0.2) is 27.6 Å².